The number of hydrogen-bond donors (Lipinski definition) is 1. The Morgan fingerprint density at radius 1 is 1.37 bits per heavy atom. The Morgan fingerprint density at radius 3 is 2.59 bits per heavy atom. The van der Waals surface area contributed by atoms with Crippen LogP contribution >= 0.6 is 11.6 Å². The second-order valence-electron chi connectivity index (χ2n) is 5.80. The van der Waals surface area contributed by atoms with Gasteiger partial charge in [-0.25, -0.2) is 0 Å². The zero-order chi connectivity index (χ0) is 20.0. The van der Waals surface area contributed by atoms with Crippen molar-refractivity contribution in [3.8, 4) is 0 Å². The van der Waals surface area contributed by atoms with Crippen LogP contribution in [0.4, 0.5) is 5.82 Å². The molecule has 1 unspecified atom stereocenters. The van der Waals surface area contributed by atoms with Crippen LogP contribution in [0, 0.1) is 17.0 Å². The lowest BCUT2D eigenvalue weighted by atomic mass is 10.0. The molecule has 0 saturated carbocycles. The van der Waals surface area contributed by atoms with Gasteiger partial charge in [-0.1, -0.05) is 23.7 Å². The maximum Gasteiger partial charge on any atom is 0.381 e. The van der Waals surface area contributed by atoms with Gasteiger partial charge in [-0.2, -0.15) is 0 Å². The summed E-state index contributed by atoms with van der Waals surface area (Å²) in [4.78, 5) is 38.0. The number of ether oxygens (including phenoxy) is 1. The van der Waals surface area contributed by atoms with Crippen molar-refractivity contribution < 1.29 is 19.2 Å². The van der Waals surface area contributed by atoms with Crippen LogP contribution in [0.1, 0.15) is 30.3 Å². The number of imidazole rings is 1. The Hall–Kier alpha value is -2.94. The van der Waals surface area contributed by atoms with E-state index in [-0.39, 0.29) is 31.1 Å². The molecular formula is C17H19ClN4O5. The third-order valence-corrected chi connectivity index (χ3v) is 4.19. The number of halogens is 1. The lowest BCUT2D eigenvalue weighted by molar-refractivity contribution is -0.389. The highest BCUT2D eigenvalue weighted by Gasteiger charge is 2.20. The van der Waals surface area contributed by atoms with Crippen LogP contribution in [0.25, 0.3) is 0 Å². The van der Waals surface area contributed by atoms with E-state index in [2.05, 4.69) is 15.0 Å². The van der Waals surface area contributed by atoms with Gasteiger partial charge in [0.1, 0.15) is 6.20 Å². The van der Waals surface area contributed by atoms with Crippen LogP contribution < -0.4 is 5.32 Å². The van der Waals surface area contributed by atoms with Crippen LogP contribution in [0.3, 0.4) is 0 Å². The fourth-order valence-electron chi connectivity index (χ4n) is 2.49. The highest BCUT2D eigenvalue weighted by molar-refractivity contribution is 6.30. The maximum atomic E-state index is 12.3. The number of esters is 1. The molecule has 0 saturated heterocycles. The van der Waals surface area contributed by atoms with E-state index in [1.54, 1.807) is 31.2 Å². The molecule has 1 N–H and O–H groups in total. The predicted octanol–water partition coefficient (Wildman–Crippen LogP) is 2.56. The number of nitro groups is 1. The molecule has 0 fully saturated rings. The number of nitrogens with one attached hydrogen (secondary N) is 1. The van der Waals surface area contributed by atoms with E-state index in [4.69, 9.17) is 11.6 Å². The van der Waals surface area contributed by atoms with Crippen LogP contribution in [-0.2, 0) is 20.9 Å². The SMILES string of the molecule is COC(=O)CC(NC(=O)CCn1cc([N+](=O)[O-])nc1C)c1ccc(Cl)cc1. The summed E-state index contributed by atoms with van der Waals surface area (Å²) in [5, 5.41) is 14.1. The summed E-state index contributed by atoms with van der Waals surface area (Å²) in [7, 11) is 1.28. The minimum atomic E-state index is -0.587. The number of nitrogens with zero attached hydrogens (tertiary/aromatic N) is 3. The Labute approximate surface area is 160 Å². The van der Waals surface area contributed by atoms with E-state index in [1.165, 1.54) is 17.9 Å². The van der Waals surface area contributed by atoms with E-state index in [9.17, 15) is 19.7 Å². The largest absolute Gasteiger partial charge is 0.469 e. The van der Waals surface area contributed by atoms with Gasteiger partial charge in [0.15, 0.2) is 0 Å². The molecule has 1 aromatic carbocycles. The van der Waals surface area contributed by atoms with Crippen molar-refractivity contribution in [3.05, 3.63) is 57.0 Å². The Balaban J connectivity index is 2.03. The summed E-state index contributed by atoms with van der Waals surface area (Å²) in [5.41, 5.74) is 0.715. The summed E-state index contributed by atoms with van der Waals surface area (Å²) < 4.78 is 6.22. The highest BCUT2D eigenvalue weighted by atomic mass is 35.5. The van der Waals surface area contributed by atoms with Crippen molar-refractivity contribution in [1.29, 1.82) is 0 Å². The van der Waals surface area contributed by atoms with Gasteiger partial charge in [0.05, 0.1) is 19.6 Å². The molecule has 1 atom stereocenters. The lowest BCUT2D eigenvalue weighted by Gasteiger charge is -2.18. The number of aryl methyl sites for hydroxylation is 2. The topological polar surface area (TPSA) is 116 Å². The molecule has 0 aliphatic carbocycles. The number of amides is 1. The molecule has 2 aromatic rings. The van der Waals surface area contributed by atoms with Crippen molar-refractivity contribution in [2.75, 3.05) is 7.11 Å². The smallest absolute Gasteiger partial charge is 0.381 e. The summed E-state index contributed by atoms with van der Waals surface area (Å²) in [6, 6.07) is 6.21. The van der Waals surface area contributed by atoms with Crippen molar-refractivity contribution in [1.82, 2.24) is 14.9 Å². The van der Waals surface area contributed by atoms with Gasteiger partial charge in [0.25, 0.3) is 0 Å². The molecule has 27 heavy (non-hydrogen) atoms. The molecule has 144 valence electrons. The summed E-state index contributed by atoms with van der Waals surface area (Å²) >= 11 is 5.88. The number of rotatable bonds is 8. The predicted molar refractivity (Wildman–Crippen MR) is 97.2 cm³/mol. The average molecular weight is 395 g/mol. The Bertz CT molecular complexity index is 834. The monoisotopic (exact) mass is 394 g/mol. The fraction of sp³-hybridized carbons (Fsp3) is 0.353. The van der Waals surface area contributed by atoms with Crippen LogP contribution in [0.2, 0.25) is 5.02 Å². The first kappa shape index (κ1) is 20.4. The molecule has 1 aromatic heterocycles. The quantitative estimate of drug-likeness (QED) is 0.418. The van der Waals surface area contributed by atoms with Crippen LogP contribution in [0.15, 0.2) is 30.5 Å². The summed E-state index contributed by atoms with van der Waals surface area (Å²) in [6.45, 7) is 1.85. The van der Waals surface area contributed by atoms with E-state index >= 15 is 0 Å². The highest BCUT2D eigenvalue weighted by Crippen LogP contribution is 2.20. The molecule has 1 heterocycles. The van der Waals surface area contributed by atoms with E-state index in [1.807, 2.05) is 0 Å². The van der Waals surface area contributed by atoms with Gasteiger partial charge < -0.3 is 24.7 Å². The molecule has 1 amide bonds. The lowest BCUT2D eigenvalue weighted by Crippen LogP contribution is -2.31. The van der Waals surface area contributed by atoms with Crippen molar-refractivity contribution in [2.45, 2.75) is 32.4 Å². The summed E-state index contributed by atoms with van der Waals surface area (Å²) in [6.07, 6.45) is 1.33. The van der Waals surface area contributed by atoms with E-state index in [0.717, 1.165) is 0 Å². The van der Waals surface area contributed by atoms with Crippen molar-refractivity contribution in [3.63, 3.8) is 0 Å². The molecule has 0 aliphatic heterocycles. The number of benzene rings is 1. The number of methoxy groups -OCH3 is 1. The van der Waals surface area contributed by atoms with Gasteiger partial charge >= 0.3 is 11.8 Å². The van der Waals surface area contributed by atoms with Gasteiger partial charge in [0.2, 0.25) is 11.7 Å². The standard InChI is InChI=1S/C17H19ClN4O5/c1-11-19-15(22(25)26)10-21(11)8-7-16(23)20-14(9-17(24)27-2)12-3-5-13(18)6-4-12/h3-6,10,14H,7-9H2,1-2H3,(H,20,23). The fourth-order valence-corrected chi connectivity index (χ4v) is 2.62. The molecule has 0 aliphatic rings. The number of aromatic nitrogens is 2. The molecule has 10 heteroatoms. The van der Waals surface area contributed by atoms with Gasteiger partial charge in [-0.15, -0.1) is 0 Å². The minimum Gasteiger partial charge on any atom is -0.469 e. The molecular weight excluding hydrogens is 376 g/mol. The Kier molecular flexibility index (Phi) is 6.89. The first-order chi connectivity index (χ1) is 12.8. The minimum absolute atomic E-state index is 0.0283. The Morgan fingerprint density at radius 2 is 2.04 bits per heavy atom. The van der Waals surface area contributed by atoms with Crippen molar-refractivity contribution in [2.24, 2.45) is 0 Å². The normalized spacial score (nSPS) is 11.7. The van der Waals surface area contributed by atoms with Crippen LogP contribution in [0.5, 0.6) is 0 Å². The molecule has 2 rings (SSSR count). The zero-order valence-electron chi connectivity index (χ0n) is 14.8. The molecule has 9 nitrogen and oxygen atoms in total. The first-order valence-electron chi connectivity index (χ1n) is 8.10. The van der Waals surface area contributed by atoms with Crippen molar-refractivity contribution >= 4 is 29.3 Å². The van der Waals surface area contributed by atoms with Crippen LogP contribution in [-0.4, -0.2) is 33.5 Å². The van der Waals surface area contributed by atoms with Gasteiger partial charge in [-0.3, -0.25) is 9.59 Å². The first-order valence-corrected chi connectivity index (χ1v) is 8.47. The number of carbonyl (C=O) groups is 2. The third-order valence-electron chi connectivity index (χ3n) is 3.94. The molecule has 0 bridgehead atoms. The van der Waals surface area contributed by atoms with E-state index in [0.29, 0.717) is 16.4 Å². The zero-order valence-corrected chi connectivity index (χ0v) is 15.6. The number of hydrogen-bond acceptors (Lipinski definition) is 6. The average Bonchev–Trinajstić information content (AvgIpc) is 3.01. The summed E-state index contributed by atoms with van der Waals surface area (Å²) in [5.74, 6) is -0.595. The van der Waals surface area contributed by atoms with Gasteiger partial charge in [0, 0.05) is 24.9 Å². The second kappa shape index (κ2) is 9.13. The third kappa shape index (κ3) is 5.78. The molecule has 0 spiro atoms. The second-order valence-corrected chi connectivity index (χ2v) is 6.24. The maximum absolute atomic E-state index is 12.3. The molecule has 0 radical (unpaired) electrons. The van der Waals surface area contributed by atoms with Gasteiger partial charge in [-0.05, 0) is 27.6 Å². The van der Waals surface area contributed by atoms with E-state index < -0.39 is 16.9 Å². The number of carbonyl (C=O) groups excluding carboxylic acids is 2.